The number of rotatable bonds is 8. The van der Waals surface area contributed by atoms with E-state index in [1.807, 2.05) is 17.5 Å². The van der Waals surface area contributed by atoms with Gasteiger partial charge in [-0.15, -0.1) is 11.3 Å². The zero-order chi connectivity index (χ0) is 23.4. The fraction of sp³-hybridized carbons (Fsp3) is 0.417. The molecule has 1 unspecified atom stereocenters. The number of benzene rings is 1. The zero-order valence-corrected chi connectivity index (χ0v) is 19.6. The van der Waals surface area contributed by atoms with Crippen molar-refractivity contribution in [1.82, 2.24) is 9.80 Å². The van der Waals surface area contributed by atoms with Gasteiger partial charge >= 0.3 is 0 Å². The van der Waals surface area contributed by atoms with Gasteiger partial charge in [0, 0.05) is 36.6 Å². The summed E-state index contributed by atoms with van der Waals surface area (Å²) in [5.74, 6) is -0.547. The first-order valence-electron chi connectivity index (χ1n) is 10.9. The van der Waals surface area contributed by atoms with Gasteiger partial charge in [0.1, 0.15) is 5.76 Å². The lowest BCUT2D eigenvalue weighted by Gasteiger charge is -2.28. The summed E-state index contributed by atoms with van der Waals surface area (Å²) in [7, 11) is 3.03. The van der Waals surface area contributed by atoms with E-state index in [0.29, 0.717) is 36.8 Å². The Morgan fingerprint density at radius 3 is 2.55 bits per heavy atom. The molecule has 2 fully saturated rings. The average Bonchev–Trinajstić information content (AvgIpc) is 3.46. The number of aliphatic hydroxyl groups is 1. The molecule has 1 atom stereocenters. The van der Waals surface area contributed by atoms with E-state index < -0.39 is 17.7 Å². The fourth-order valence-corrected chi connectivity index (χ4v) is 5.13. The maximum absolute atomic E-state index is 13.1. The SMILES string of the molecule is COc1ccc(/C(O)=C2\C(=O)C(=O)N(CCCN3CCOCC3)C2c2cccs2)cc1OC. The van der Waals surface area contributed by atoms with Crippen molar-refractivity contribution in [3.63, 3.8) is 0 Å². The van der Waals surface area contributed by atoms with E-state index in [1.54, 1.807) is 23.1 Å². The first-order valence-corrected chi connectivity index (χ1v) is 11.8. The van der Waals surface area contributed by atoms with Gasteiger partial charge in [-0.25, -0.2) is 0 Å². The number of aliphatic hydroxyl groups excluding tert-OH is 1. The Morgan fingerprint density at radius 1 is 1.12 bits per heavy atom. The summed E-state index contributed by atoms with van der Waals surface area (Å²) in [5, 5.41) is 13.1. The van der Waals surface area contributed by atoms with Crippen LogP contribution in [0, 0.1) is 0 Å². The van der Waals surface area contributed by atoms with Crippen LogP contribution in [-0.4, -0.2) is 80.2 Å². The van der Waals surface area contributed by atoms with E-state index in [-0.39, 0.29) is 11.3 Å². The van der Waals surface area contributed by atoms with Crippen LogP contribution < -0.4 is 9.47 Å². The molecule has 2 aliphatic heterocycles. The highest BCUT2D eigenvalue weighted by Gasteiger charge is 2.46. The van der Waals surface area contributed by atoms with Crippen LogP contribution in [0.3, 0.4) is 0 Å². The highest BCUT2D eigenvalue weighted by molar-refractivity contribution is 7.10. The third-order valence-corrected chi connectivity index (χ3v) is 6.91. The molecule has 2 saturated heterocycles. The van der Waals surface area contributed by atoms with Crippen molar-refractivity contribution in [2.45, 2.75) is 12.5 Å². The number of ether oxygens (including phenoxy) is 3. The van der Waals surface area contributed by atoms with Crippen molar-refractivity contribution in [3.05, 3.63) is 51.7 Å². The smallest absolute Gasteiger partial charge is 0.295 e. The normalized spacial score (nSPS) is 20.9. The molecule has 0 spiro atoms. The number of carbonyl (C=O) groups excluding carboxylic acids is 2. The lowest BCUT2D eigenvalue weighted by molar-refractivity contribution is -0.140. The molecule has 176 valence electrons. The average molecular weight is 473 g/mol. The number of ketones is 1. The van der Waals surface area contributed by atoms with Crippen LogP contribution in [0.2, 0.25) is 0 Å². The maximum Gasteiger partial charge on any atom is 0.295 e. The van der Waals surface area contributed by atoms with Crippen LogP contribution in [0.5, 0.6) is 11.5 Å². The predicted molar refractivity (Wildman–Crippen MR) is 125 cm³/mol. The Labute approximate surface area is 197 Å². The van der Waals surface area contributed by atoms with Gasteiger partial charge in [0.15, 0.2) is 11.5 Å². The molecule has 0 saturated carbocycles. The van der Waals surface area contributed by atoms with Gasteiger partial charge in [-0.2, -0.15) is 0 Å². The molecule has 2 aromatic rings. The molecular formula is C24H28N2O6S. The molecule has 0 aliphatic carbocycles. The largest absolute Gasteiger partial charge is 0.507 e. The van der Waals surface area contributed by atoms with E-state index in [0.717, 1.165) is 30.9 Å². The molecule has 33 heavy (non-hydrogen) atoms. The summed E-state index contributed by atoms with van der Waals surface area (Å²) in [6.07, 6.45) is 0.727. The first kappa shape index (κ1) is 23.3. The van der Waals surface area contributed by atoms with Crippen molar-refractivity contribution < 1.29 is 28.9 Å². The van der Waals surface area contributed by atoms with Gasteiger partial charge in [-0.05, 0) is 36.1 Å². The Balaban J connectivity index is 1.65. The molecule has 9 heteroatoms. The third-order valence-electron chi connectivity index (χ3n) is 5.99. The summed E-state index contributed by atoms with van der Waals surface area (Å²) in [4.78, 5) is 30.8. The lowest BCUT2D eigenvalue weighted by Crippen LogP contribution is -2.38. The van der Waals surface area contributed by atoms with Crippen LogP contribution in [0.4, 0.5) is 0 Å². The minimum atomic E-state index is -0.674. The number of hydrogen-bond donors (Lipinski definition) is 1. The number of Topliss-reactive ketones (excluding diaryl/α,β-unsaturated/α-hetero) is 1. The topological polar surface area (TPSA) is 88.5 Å². The molecule has 1 amide bonds. The van der Waals surface area contributed by atoms with Crippen LogP contribution in [0.25, 0.3) is 5.76 Å². The van der Waals surface area contributed by atoms with Crippen LogP contribution in [0.15, 0.2) is 41.3 Å². The Kier molecular flexibility index (Phi) is 7.32. The Bertz CT molecular complexity index is 1030. The van der Waals surface area contributed by atoms with Gasteiger partial charge in [0.05, 0.1) is 39.0 Å². The van der Waals surface area contributed by atoms with Crippen molar-refractivity contribution in [1.29, 1.82) is 0 Å². The molecule has 3 heterocycles. The summed E-state index contributed by atoms with van der Waals surface area (Å²) in [6.45, 7) is 4.40. The van der Waals surface area contributed by atoms with Gasteiger partial charge < -0.3 is 24.2 Å². The summed E-state index contributed by atoms with van der Waals surface area (Å²) in [5.41, 5.74) is 0.488. The Morgan fingerprint density at radius 2 is 1.88 bits per heavy atom. The highest BCUT2D eigenvalue weighted by Crippen LogP contribution is 2.42. The summed E-state index contributed by atoms with van der Waals surface area (Å²) < 4.78 is 16.0. The molecular weight excluding hydrogens is 444 g/mol. The number of thiophene rings is 1. The standard InChI is InChI=1S/C24H28N2O6S/c1-30-17-7-6-16(15-18(17)31-2)22(27)20-21(19-5-3-14-33-19)26(24(29)23(20)28)9-4-8-25-10-12-32-13-11-25/h3,5-7,14-15,21,27H,4,8-13H2,1-2H3/b22-20+. The summed E-state index contributed by atoms with van der Waals surface area (Å²) in [6, 6.07) is 8.05. The number of likely N-dealkylation sites (tertiary alicyclic amines) is 1. The quantitative estimate of drug-likeness (QED) is 0.359. The molecule has 0 bridgehead atoms. The summed E-state index contributed by atoms with van der Waals surface area (Å²) >= 11 is 1.46. The fourth-order valence-electron chi connectivity index (χ4n) is 4.28. The third kappa shape index (κ3) is 4.75. The second kappa shape index (κ2) is 10.4. The van der Waals surface area contributed by atoms with Crippen LogP contribution >= 0.6 is 11.3 Å². The molecule has 2 aliphatic rings. The number of amides is 1. The number of carbonyl (C=O) groups is 2. The van der Waals surface area contributed by atoms with Crippen molar-refractivity contribution in [2.24, 2.45) is 0 Å². The van der Waals surface area contributed by atoms with E-state index in [4.69, 9.17) is 14.2 Å². The second-order valence-corrected chi connectivity index (χ2v) is 8.86. The number of methoxy groups -OCH3 is 2. The monoisotopic (exact) mass is 472 g/mol. The minimum absolute atomic E-state index is 0.0982. The van der Waals surface area contributed by atoms with Gasteiger partial charge in [0.2, 0.25) is 0 Å². The second-order valence-electron chi connectivity index (χ2n) is 7.89. The van der Waals surface area contributed by atoms with Gasteiger partial charge in [0.25, 0.3) is 11.7 Å². The molecule has 8 nitrogen and oxygen atoms in total. The molecule has 4 rings (SSSR count). The minimum Gasteiger partial charge on any atom is -0.507 e. The van der Waals surface area contributed by atoms with Crippen LogP contribution in [-0.2, 0) is 14.3 Å². The van der Waals surface area contributed by atoms with E-state index in [2.05, 4.69) is 4.90 Å². The predicted octanol–water partition coefficient (Wildman–Crippen LogP) is 2.91. The molecule has 1 N–H and O–H groups in total. The lowest BCUT2D eigenvalue weighted by atomic mass is 9.99. The Hall–Kier alpha value is -2.88. The number of hydrogen-bond acceptors (Lipinski definition) is 8. The molecule has 1 aromatic carbocycles. The van der Waals surface area contributed by atoms with Crippen LogP contribution in [0.1, 0.15) is 22.9 Å². The number of nitrogens with zero attached hydrogens (tertiary/aromatic N) is 2. The van der Waals surface area contributed by atoms with E-state index in [9.17, 15) is 14.7 Å². The van der Waals surface area contributed by atoms with Crippen molar-refractivity contribution in [3.8, 4) is 11.5 Å². The number of morpholine rings is 1. The van der Waals surface area contributed by atoms with Gasteiger partial charge in [-0.1, -0.05) is 6.07 Å². The highest BCUT2D eigenvalue weighted by atomic mass is 32.1. The maximum atomic E-state index is 13.1. The van der Waals surface area contributed by atoms with Crippen molar-refractivity contribution >= 4 is 28.8 Å². The zero-order valence-electron chi connectivity index (χ0n) is 18.8. The molecule has 0 radical (unpaired) electrons. The van der Waals surface area contributed by atoms with Crippen molar-refractivity contribution in [2.75, 3.05) is 53.6 Å². The van der Waals surface area contributed by atoms with E-state index >= 15 is 0 Å². The molecule has 1 aromatic heterocycles. The van der Waals surface area contributed by atoms with E-state index in [1.165, 1.54) is 25.6 Å². The van der Waals surface area contributed by atoms with Gasteiger partial charge in [-0.3, -0.25) is 14.5 Å². The first-order chi connectivity index (χ1) is 16.0.